The van der Waals surface area contributed by atoms with Crippen molar-refractivity contribution in [1.29, 1.82) is 0 Å². The van der Waals surface area contributed by atoms with E-state index in [1.165, 1.54) is 26.1 Å². The molecule has 0 atom stereocenters. The number of carbonyl (C=O) groups is 1. The third kappa shape index (κ3) is 3.41. The predicted octanol–water partition coefficient (Wildman–Crippen LogP) is 1.04. The van der Waals surface area contributed by atoms with Gasteiger partial charge in [0, 0.05) is 10.7 Å². The van der Waals surface area contributed by atoms with Crippen molar-refractivity contribution in [1.82, 2.24) is 9.71 Å². The van der Waals surface area contributed by atoms with Crippen molar-refractivity contribution in [3.63, 3.8) is 0 Å². The van der Waals surface area contributed by atoms with Crippen molar-refractivity contribution in [2.45, 2.75) is 24.3 Å². The van der Waals surface area contributed by atoms with Gasteiger partial charge in [0.05, 0.1) is 0 Å². The topological polar surface area (TPSA) is 102 Å². The number of nitrogens with zero attached hydrogens (tertiary/aromatic N) is 1. The summed E-state index contributed by atoms with van der Waals surface area (Å²) in [6.07, 6.45) is 1.36. The highest BCUT2D eigenvalue weighted by Gasteiger charge is 2.32. The van der Waals surface area contributed by atoms with E-state index in [1.54, 1.807) is 0 Å². The van der Waals surface area contributed by atoms with E-state index in [9.17, 15) is 13.2 Å². The van der Waals surface area contributed by atoms with Gasteiger partial charge in [-0.1, -0.05) is 11.6 Å². The van der Waals surface area contributed by atoms with Crippen LogP contribution in [0.3, 0.4) is 0 Å². The Kier molecular flexibility index (Phi) is 4.37. The Morgan fingerprint density at radius 2 is 2.11 bits per heavy atom. The Morgan fingerprint density at radius 1 is 1.56 bits per heavy atom. The number of nitrogens with two attached hydrogens (primary N) is 1. The second-order valence-electron chi connectivity index (χ2n) is 4.04. The maximum atomic E-state index is 12.1. The lowest BCUT2D eigenvalue weighted by Gasteiger charge is -2.22. The van der Waals surface area contributed by atoms with E-state index >= 15 is 0 Å². The van der Waals surface area contributed by atoms with Crippen LogP contribution in [0.25, 0.3) is 0 Å². The Hall–Kier alpha value is -0.700. The number of sulfonamides is 1. The van der Waals surface area contributed by atoms with E-state index in [1.807, 2.05) is 0 Å². The summed E-state index contributed by atoms with van der Waals surface area (Å²) in [5, 5.41) is -0.189. The van der Waals surface area contributed by atoms with E-state index in [4.69, 9.17) is 17.3 Å². The third-order valence-corrected chi connectivity index (χ3v) is 4.58. The van der Waals surface area contributed by atoms with Crippen LogP contribution in [0.2, 0.25) is 5.15 Å². The van der Waals surface area contributed by atoms with Crippen molar-refractivity contribution in [2.24, 2.45) is 5.73 Å². The zero-order valence-corrected chi connectivity index (χ0v) is 12.7. The quantitative estimate of drug-likeness (QED) is 0.787. The van der Waals surface area contributed by atoms with Gasteiger partial charge in [-0.15, -0.1) is 0 Å². The minimum absolute atomic E-state index is 0.189. The highest BCUT2D eigenvalue weighted by atomic mass is 79.9. The maximum absolute atomic E-state index is 12.1. The number of aromatic nitrogens is 1. The van der Waals surface area contributed by atoms with Crippen molar-refractivity contribution < 1.29 is 13.2 Å². The molecule has 0 fully saturated rings. The van der Waals surface area contributed by atoms with Crippen LogP contribution in [0.15, 0.2) is 21.6 Å². The second kappa shape index (κ2) is 5.12. The van der Waals surface area contributed by atoms with Gasteiger partial charge in [-0.3, -0.25) is 4.79 Å². The molecule has 0 aromatic carbocycles. The van der Waals surface area contributed by atoms with Crippen LogP contribution < -0.4 is 10.5 Å². The number of carbonyl (C=O) groups excluding carboxylic acids is 1. The predicted molar refractivity (Wildman–Crippen MR) is 70.5 cm³/mol. The molecule has 0 unspecified atom stereocenters. The van der Waals surface area contributed by atoms with Gasteiger partial charge in [-0.25, -0.2) is 13.4 Å². The molecule has 0 bridgehead atoms. The zero-order valence-electron chi connectivity index (χ0n) is 9.57. The molecule has 18 heavy (non-hydrogen) atoms. The average molecular weight is 357 g/mol. The van der Waals surface area contributed by atoms with Gasteiger partial charge in [0.2, 0.25) is 15.9 Å². The monoisotopic (exact) mass is 355 g/mol. The number of hydrogen-bond acceptors (Lipinski definition) is 4. The Balaban J connectivity index is 3.23. The van der Waals surface area contributed by atoms with Crippen molar-refractivity contribution >= 4 is 43.5 Å². The summed E-state index contributed by atoms with van der Waals surface area (Å²) < 4.78 is 26.7. The van der Waals surface area contributed by atoms with Gasteiger partial charge in [-0.05, 0) is 35.8 Å². The molecule has 0 aliphatic carbocycles. The van der Waals surface area contributed by atoms with Gasteiger partial charge < -0.3 is 5.73 Å². The molecule has 0 aliphatic rings. The van der Waals surface area contributed by atoms with Crippen LogP contribution >= 0.6 is 27.5 Å². The lowest BCUT2D eigenvalue weighted by atomic mass is 10.1. The Morgan fingerprint density at radius 3 is 2.61 bits per heavy atom. The molecule has 3 N–H and O–H groups in total. The average Bonchev–Trinajstić information content (AvgIpc) is 2.19. The SMILES string of the molecule is CC(C)(NS(=O)(=O)c1cc(Br)cnc1Cl)C(N)=O. The van der Waals surface area contributed by atoms with Crippen LogP contribution in [0.4, 0.5) is 0 Å². The fourth-order valence-corrected chi connectivity index (χ4v) is 3.36. The maximum Gasteiger partial charge on any atom is 0.244 e. The number of primary amides is 1. The summed E-state index contributed by atoms with van der Waals surface area (Å²) in [5.41, 5.74) is 3.67. The molecule has 1 amide bonds. The molecule has 100 valence electrons. The summed E-state index contributed by atoms with van der Waals surface area (Å²) >= 11 is 8.81. The zero-order chi connectivity index (χ0) is 14.1. The summed E-state index contributed by atoms with van der Waals surface area (Å²) in [7, 11) is -3.99. The van der Waals surface area contributed by atoms with Crippen molar-refractivity contribution in [3.05, 3.63) is 21.9 Å². The fraction of sp³-hybridized carbons (Fsp3) is 0.333. The smallest absolute Gasteiger partial charge is 0.244 e. The molecule has 0 spiro atoms. The van der Waals surface area contributed by atoms with Gasteiger partial charge in [0.15, 0.2) is 0 Å². The van der Waals surface area contributed by atoms with Crippen LogP contribution in [0.1, 0.15) is 13.8 Å². The molecule has 1 aromatic heterocycles. The number of amides is 1. The molecule has 1 rings (SSSR count). The van der Waals surface area contributed by atoms with Gasteiger partial charge in [0.25, 0.3) is 0 Å². The first kappa shape index (κ1) is 15.4. The minimum Gasteiger partial charge on any atom is -0.368 e. The number of hydrogen-bond donors (Lipinski definition) is 2. The molecular weight excluding hydrogens is 346 g/mol. The van der Waals surface area contributed by atoms with E-state index < -0.39 is 21.5 Å². The number of rotatable bonds is 4. The number of nitrogens with one attached hydrogen (secondary N) is 1. The summed E-state index contributed by atoms with van der Waals surface area (Å²) in [4.78, 5) is 14.6. The third-order valence-electron chi connectivity index (χ3n) is 2.07. The highest BCUT2D eigenvalue weighted by Crippen LogP contribution is 2.23. The first-order valence-corrected chi connectivity index (χ1v) is 7.36. The lowest BCUT2D eigenvalue weighted by molar-refractivity contribution is -0.122. The molecule has 0 aliphatic heterocycles. The Bertz CT molecular complexity index is 589. The van der Waals surface area contributed by atoms with E-state index in [2.05, 4.69) is 25.6 Å². The summed E-state index contributed by atoms with van der Waals surface area (Å²) in [6.45, 7) is 2.71. The summed E-state index contributed by atoms with van der Waals surface area (Å²) in [5.74, 6) is -0.801. The normalized spacial score (nSPS) is 12.4. The van der Waals surface area contributed by atoms with Gasteiger partial charge >= 0.3 is 0 Å². The van der Waals surface area contributed by atoms with Crippen molar-refractivity contribution in [3.8, 4) is 0 Å². The molecule has 0 saturated carbocycles. The molecule has 1 heterocycles. The molecular formula is C9H11BrClN3O3S. The van der Waals surface area contributed by atoms with Crippen LogP contribution in [-0.4, -0.2) is 24.8 Å². The van der Waals surface area contributed by atoms with E-state index in [0.717, 1.165) is 0 Å². The minimum atomic E-state index is -3.99. The molecule has 9 heteroatoms. The fourth-order valence-electron chi connectivity index (χ4n) is 1.03. The first-order valence-electron chi connectivity index (χ1n) is 4.71. The van der Waals surface area contributed by atoms with Crippen LogP contribution in [0, 0.1) is 0 Å². The van der Waals surface area contributed by atoms with E-state index in [-0.39, 0.29) is 10.0 Å². The molecule has 0 radical (unpaired) electrons. The standard InChI is InChI=1S/C9H11BrClN3O3S/c1-9(2,8(12)15)14-18(16,17)6-3-5(10)4-13-7(6)11/h3-4,14H,1-2H3,(H2,12,15). The van der Waals surface area contributed by atoms with Crippen molar-refractivity contribution in [2.75, 3.05) is 0 Å². The van der Waals surface area contributed by atoms with Crippen LogP contribution in [-0.2, 0) is 14.8 Å². The Labute approximate surface area is 118 Å². The largest absolute Gasteiger partial charge is 0.368 e. The number of pyridine rings is 1. The lowest BCUT2D eigenvalue weighted by Crippen LogP contribution is -2.52. The van der Waals surface area contributed by atoms with Gasteiger partial charge in [-0.2, -0.15) is 4.72 Å². The molecule has 1 aromatic rings. The van der Waals surface area contributed by atoms with Crippen LogP contribution in [0.5, 0.6) is 0 Å². The molecule has 0 saturated heterocycles. The summed E-state index contributed by atoms with van der Waals surface area (Å²) in [6, 6.07) is 1.29. The first-order chi connectivity index (χ1) is 8.06. The van der Waals surface area contributed by atoms with E-state index in [0.29, 0.717) is 4.47 Å². The van der Waals surface area contributed by atoms with Gasteiger partial charge in [0.1, 0.15) is 15.6 Å². The second-order valence-corrected chi connectivity index (χ2v) is 6.96. The highest BCUT2D eigenvalue weighted by molar-refractivity contribution is 9.10. The molecule has 6 nitrogen and oxygen atoms in total. The number of halogens is 2.